The van der Waals surface area contributed by atoms with E-state index in [1.807, 2.05) is 24.3 Å². The molecule has 1 N–H and O–H groups in total. The number of furan rings is 1. The summed E-state index contributed by atoms with van der Waals surface area (Å²) in [5.74, 6) is 0.863. The van der Waals surface area contributed by atoms with Crippen LogP contribution >= 0.6 is 0 Å². The quantitative estimate of drug-likeness (QED) is 0.701. The van der Waals surface area contributed by atoms with Crippen LogP contribution < -0.4 is 5.32 Å². The third-order valence-electron chi connectivity index (χ3n) is 3.98. The lowest BCUT2D eigenvalue weighted by Crippen LogP contribution is -2.13. The fraction of sp³-hybridized carbons (Fsp3) is 0.400. The lowest BCUT2D eigenvalue weighted by molar-refractivity contribution is 0.616. The summed E-state index contributed by atoms with van der Waals surface area (Å²) >= 11 is 0. The van der Waals surface area contributed by atoms with Crippen LogP contribution in [0.15, 0.2) is 58.9 Å². The van der Waals surface area contributed by atoms with Gasteiger partial charge in [-0.15, -0.1) is 0 Å². The Morgan fingerprint density at radius 2 is 2.14 bits per heavy atom. The van der Waals surface area contributed by atoms with E-state index in [1.54, 1.807) is 11.8 Å². The summed E-state index contributed by atoms with van der Waals surface area (Å²) in [4.78, 5) is 0. The zero-order valence-corrected chi connectivity index (χ0v) is 14.0. The van der Waals surface area contributed by atoms with E-state index in [-0.39, 0.29) is 1.43 Å². The smallest absolute Gasteiger partial charge is 0.133 e. The normalized spacial score (nSPS) is 14.9. The Morgan fingerprint density at radius 3 is 2.73 bits per heavy atom. The highest BCUT2D eigenvalue weighted by atomic mass is 16.3. The lowest BCUT2D eigenvalue weighted by Gasteiger charge is -2.10. The molecule has 0 atom stereocenters. The maximum absolute atomic E-state index is 5.17. The van der Waals surface area contributed by atoms with Crippen molar-refractivity contribution in [3.63, 3.8) is 0 Å². The Balaban J connectivity index is 0.000000223. The van der Waals surface area contributed by atoms with Crippen LogP contribution in [0.25, 0.3) is 11.0 Å². The first-order valence-corrected chi connectivity index (χ1v) is 8.22. The van der Waals surface area contributed by atoms with Gasteiger partial charge in [0, 0.05) is 19.1 Å². The van der Waals surface area contributed by atoms with Crippen LogP contribution in [-0.4, -0.2) is 6.54 Å². The van der Waals surface area contributed by atoms with Crippen molar-refractivity contribution in [2.45, 2.75) is 40.0 Å². The number of nitrogens with one attached hydrogen (secondary N) is 1. The summed E-state index contributed by atoms with van der Waals surface area (Å²) in [7, 11) is 0. The SMILES string of the molecule is C=C/C(NCC)=C(/CC)C1CC1.Cc1ccc2occc2c1.[HH]. The highest BCUT2D eigenvalue weighted by Crippen LogP contribution is 2.39. The number of hydrogen-bond acceptors (Lipinski definition) is 2. The van der Waals surface area contributed by atoms with E-state index < -0.39 is 0 Å². The van der Waals surface area contributed by atoms with Gasteiger partial charge in [-0.2, -0.15) is 0 Å². The highest BCUT2D eigenvalue weighted by Gasteiger charge is 2.26. The van der Waals surface area contributed by atoms with Crippen LogP contribution in [0.2, 0.25) is 0 Å². The molecule has 1 aromatic heterocycles. The molecular formula is C20H29NO. The van der Waals surface area contributed by atoms with Crippen LogP contribution in [0.4, 0.5) is 0 Å². The van der Waals surface area contributed by atoms with Crippen molar-refractivity contribution in [2.75, 3.05) is 6.54 Å². The van der Waals surface area contributed by atoms with Gasteiger partial charge in [0.05, 0.1) is 6.26 Å². The van der Waals surface area contributed by atoms with Crippen molar-refractivity contribution in [1.82, 2.24) is 5.32 Å². The third-order valence-corrected chi connectivity index (χ3v) is 3.98. The number of rotatable bonds is 5. The summed E-state index contributed by atoms with van der Waals surface area (Å²) < 4.78 is 5.17. The number of likely N-dealkylation sites (N-methyl/N-ethyl adjacent to an activating group) is 1. The first-order valence-electron chi connectivity index (χ1n) is 8.22. The molecule has 2 aromatic rings. The molecule has 1 aliphatic carbocycles. The molecule has 0 aliphatic heterocycles. The van der Waals surface area contributed by atoms with Crippen molar-refractivity contribution < 1.29 is 5.84 Å². The second-order valence-electron chi connectivity index (χ2n) is 5.76. The molecule has 2 nitrogen and oxygen atoms in total. The average molecular weight is 299 g/mol. The summed E-state index contributed by atoms with van der Waals surface area (Å²) in [6.07, 6.45) is 7.60. The van der Waals surface area contributed by atoms with Crippen LogP contribution in [0.5, 0.6) is 0 Å². The lowest BCUT2D eigenvalue weighted by atomic mass is 10.1. The predicted octanol–water partition coefficient (Wildman–Crippen LogP) is 5.84. The van der Waals surface area contributed by atoms with Crippen LogP contribution in [0, 0.1) is 12.8 Å². The first kappa shape index (κ1) is 16.4. The monoisotopic (exact) mass is 299 g/mol. The van der Waals surface area contributed by atoms with Crippen molar-refractivity contribution in [3.8, 4) is 0 Å². The Hall–Kier alpha value is -1.96. The molecule has 1 aliphatic rings. The minimum Gasteiger partial charge on any atom is -0.464 e. The van der Waals surface area contributed by atoms with E-state index in [1.165, 1.54) is 35.9 Å². The van der Waals surface area contributed by atoms with Gasteiger partial charge in [0.1, 0.15) is 5.58 Å². The van der Waals surface area contributed by atoms with Gasteiger partial charge in [-0.3, -0.25) is 0 Å². The maximum atomic E-state index is 5.17. The van der Waals surface area contributed by atoms with Crippen LogP contribution in [-0.2, 0) is 0 Å². The molecular weight excluding hydrogens is 270 g/mol. The molecule has 1 fully saturated rings. The number of aryl methyl sites for hydroxylation is 1. The second-order valence-corrected chi connectivity index (χ2v) is 5.76. The Labute approximate surface area is 135 Å². The van der Waals surface area contributed by atoms with E-state index >= 15 is 0 Å². The molecule has 0 saturated heterocycles. The number of allylic oxidation sites excluding steroid dienone is 2. The molecule has 0 amide bonds. The molecule has 0 spiro atoms. The molecule has 0 unspecified atom stereocenters. The largest absolute Gasteiger partial charge is 0.464 e. The molecule has 1 saturated carbocycles. The highest BCUT2D eigenvalue weighted by molar-refractivity contribution is 5.77. The van der Waals surface area contributed by atoms with Gasteiger partial charge >= 0.3 is 0 Å². The van der Waals surface area contributed by atoms with Crippen LogP contribution in [0.1, 0.15) is 40.1 Å². The number of hydrogen-bond donors (Lipinski definition) is 1. The average Bonchev–Trinajstić information content (AvgIpc) is 3.25. The zero-order valence-electron chi connectivity index (χ0n) is 14.0. The molecule has 1 heterocycles. The minimum absolute atomic E-state index is 0. The fourth-order valence-electron chi connectivity index (χ4n) is 2.72. The van der Waals surface area contributed by atoms with E-state index in [2.05, 4.69) is 38.7 Å². The van der Waals surface area contributed by atoms with Gasteiger partial charge in [0.25, 0.3) is 0 Å². The van der Waals surface area contributed by atoms with Gasteiger partial charge in [-0.05, 0) is 68.9 Å². The van der Waals surface area contributed by atoms with Crippen molar-refractivity contribution in [2.24, 2.45) is 5.92 Å². The van der Waals surface area contributed by atoms with E-state index in [9.17, 15) is 0 Å². The molecule has 0 bridgehead atoms. The minimum atomic E-state index is 0. The standard InChI is InChI=1S/C11H19N.C9H8O.H2/c1-4-10(9-7-8-9)11(5-2)12-6-3;1-7-2-3-9-8(6-7)4-5-10-9;/h5,9,12H,2,4,6-8H2,1,3H3;2-6H,1H3;1H/b11-10+;;. The summed E-state index contributed by atoms with van der Waals surface area (Å²) in [6.45, 7) is 11.3. The zero-order chi connectivity index (χ0) is 15.9. The maximum Gasteiger partial charge on any atom is 0.133 e. The summed E-state index contributed by atoms with van der Waals surface area (Å²) in [6, 6.07) is 8.12. The van der Waals surface area contributed by atoms with Gasteiger partial charge < -0.3 is 9.73 Å². The molecule has 22 heavy (non-hydrogen) atoms. The molecule has 3 rings (SSSR count). The Morgan fingerprint density at radius 1 is 1.36 bits per heavy atom. The summed E-state index contributed by atoms with van der Waals surface area (Å²) in [5.41, 5.74) is 5.09. The molecule has 2 heteroatoms. The summed E-state index contributed by atoms with van der Waals surface area (Å²) in [5, 5.41) is 4.55. The molecule has 0 radical (unpaired) electrons. The Kier molecular flexibility index (Phi) is 5.88. The fourth-order valence-corrected chi connectivity index (χ4v) is 2.72. The van der Waals surface area contributed by atoms with Crippen LogP contribution in [0.3, 0.4) is 0 Å². The van der Waals surface area contributed by atoms with Gasteiger partial charge in [0.2, 0.25) is 0 Å². The van der Waals surface area contributed by atoms with Crippen molar-refractivity contribution >= 4 is 11.0 Å². The van der Waals surface area contributed by atoms with E-state index in [0.29, 0.717) is 0 Å². The van der Waals surface area contributed by atoms with E-state index in [0.717, 1.165) is 18.0 Å². The van der Waals surface area contributed by atoms with Gasteiger partial charge in [-0.1, -0.05) is 25.1 Å². The molecule has 1 aromatic carbocycles. The topological polar surface area (TPSA) is 25.2 Å². The number of benzene rings is 1. The number of fused-ring (bicyclic) bond motifs is 1. The first-order chi connectivity index (χ1) is 10.7. The van der Waals surface area contributed by atoms with Gasteiger partial charge in [0.15, 0.2) is 0 Å². The van der Waals surface area contributed by atoms with Gasteiger partial charge in [-0.25, -0.2) is 0 Å². The second kappa shape index (κ2) is 7.88. The van der Waals surface area contributed by atoms with Crippen molar-refractivity contribution in [1.29, 1.82) is 0 Å². The third kappa shape index (κ3) is 4.27. The van der Waals surface area contributed by atoms with Crippen molar-refractivity contribution in [3.05, 3.63) is 60.0 Å². The predicted molar refractivity (Wildman–Crippen MR) is 97.0 cm³/mol. The molecule has 120 valence electrons. The van der Waals surface area contributed by atoms with E-state index in [4.69, 9.17) is 4.42 Å². The Bertz CT molecular complexity index is 652.